The van der Waals surface area contributed by atoms with E-state index in [1.54, 1.807) is 37.3 Å². The molecule has 3 aromatic carbocycles. The number of hydrogen-bond acceptors (Lipinski definition) is 4. The molecule has 0 saturated carbocycles. The molecule has 3 rings (SSSR count). The van der Waals surface area contributed by atoms with Gasteiger partial charge in [-0.1, -0.05) is 69.3 Å². The third-order valence-electron chi connectivity index (χ3n) is 4.74. The number of esters is 1. The van der Waals surface area contributed by atoms with Crippen molar-refractivity contribution in [2.75, 3.05) is 6.61 Å². The zero-order valence-corrected chi connectivity index (χ0v) is 17.8. The molecular weight excluding hydrogens is 376 g/mol. The number of hydrogen-bond donors (Lipinski definition) is 0. The Bertz CT molecular complexity index is 1050. The van der Waals surface area contributed by atoms with Gasteiger partial charge in [-0.3, -0.25) is 4.79 Å². The molecule has 0 aliphatic heterocycles. The van der Waals surface area contributed by atoms with Gasteiger partial charge in [-0.2, -0.15) is 0 Å². The minimum absolute atomic E-state index is 0.0707. The minimum atomic E-state index is -0.496. The first-order valence-corrected chi connectivity index (χ1v) is 9.89. The molecule has 0 aliphatic carbocycles. The van der Waals surface area contributed by atoms with Gasteiger partial charge in [0.2, 0.25) is 0 Å². The number of rotatable bonds is 6. The molecule has 4 nitrogen and oxygen atoms in total. The Kier molecular flexibility index (Phi) is 6.36. The lowest BCUT2D eigenvalue weighted by Gasteiger charge is -2.22. The fourth-order valence-corrected chi connectivity index (χ4v) is 3.16. The van der Waals surface area contributed by atoms with Crippen LogP contribution in [0.2, 0.25) is 0 Å². The summed E-state index contributed by atoms with van der Waals surface area (Å²) in [5.74, 6) is 0.516. The first-order valence-electron chi connectivity index (χ1n) is 9.89. The van der Waals surface area contributed by atoms with Crippen molar-refractivity contribution in [1.82, 2.24) is 0 Å². The average molecular weight is 402 g/mol. The van der Waals surface area contributed by atoms with Gasteiger partial charge in [0.25, 0.3) is 0 Å². The molecule has 0 heterocycles. The molecule has 0 unspecified atom stereocenters. The standard InChI is InChI=1S/C26H26O4/c1-18-16-20(25(28)19-10-6-5-7-11-19)14-15-22(18)30-24(27)17-29-23-13-9-8-12-21(23)26(2,3)4/h5-16H,17H2,1-4H3. The lowest BCUT2D eigenvalue weighted by molar-refractivity contribution is -0.136. The van der Waals surface area contributed by atoms with Gasteiger partial charge in [-0.05, 0) is 47.7 Å². The molecule has 0 atom stereocenters. The highest BCUT2D eigenvalue weighted by atomic mass is 16.6. The van der Waals surface area contributed by atoms with Crippen molar-refractivity contribution in [3.8, 4) is 11.5 Å². The Balaban J connectivity index is 1.66. The zero-order chi connectivity index (χ0) is 21.7. The van der Waals surface area contributed by atoms with Crippen LogP contribution < -0.4 is 9.47 Å². The Morgan fingerprint density at radius 3 is 2.13 bits per heavy atom. The quantitative estimate of drug-likeness (QED) is 0.310. The molecule has 0 saturated heterocycles. The van der Waals surface area contributed by atoms with E-state index in [9.17, 15) is 9.59 Å². The van der Waals surface area contributed by atoms with Crippen molar-refractivity contribution in [2.45, 2.75) is 33.1 Å². The maximum absolute atomic E-state index is 12.6. The van der Waals surface area contributed by atoms with E-state index in [0.29, 0.717) is 28.2 Å². The maximum Gasteiger partial charge on any atom is 0.349 e. The fourth-order valence-electron chi connectivity index (χ4n) is 3.16. The highest BCUT2D eigenvalue weighted by Gasteiger charge is 2.19. The molecule has 4 heteroatoms. The summed E-state index contributed by atoms with van der Waals surface area (Å²) in [7, 11) is 0. The third-order valence-corrected chi connectivity index (χ3v) is 4.74. The topological polar surface area (TPSA) is 52.6 Å². The van der Waals surface area contributed by atoms with Crippen LogP contribution in [0.25, 0.3) is 0 Å². The number of ketones is 1. The second-order valence-corrected chi connectivity index (χ2v) is 8.18. The summed E-state index contributed by atoms with van der Waals surface area (Å²) in [6, 6.07) is 21.8. The van der Waals surface area contributed by atoms with Gasteiger partial charge in [-0.25, -0.2) is 4.79 Å². The minimum Gasteiger partial charge on any atom is -0.482 e. The molecule has 3 aromatic rings. The van der Waals surface area contributed by atoms with Gasteiger partial charge < -0.3 is 9.47 Å². The van der Waals surface area contributed by atoms with Crippen LogP contribution >= 0.6 is 0 Å². The highest BCUT2D eigenvalue weighted by molar-refractivity contribution is 6.09. The summed E-state index contributed by atoms with van der Waals surface area (Å²) in [5, 5.41) is 0. The van der Waals surface area contributed by atoms with Crippen LogP contribution in [0.1, 0.15) is 47.8 Å². The molecule has 154 valence electrons. The molecule has 0 fully saturated rings. The van der Waals surface area contributed by atoms with Gasteiger partial charge in [0.15, 0.2) is 12.4 Å². The van der Waals surface area contributed by atoms with Crippen LogP contribution in [-0.4, -0.2) is 18.4 Å². The summed E-state index contributed by atoms with van der Waals surface area (Å²) >= 11 is 0. The Morgan fingerprint density at radius 1 is 0.800 bits per heavy atom. The van der Waals surface area contributed by atoms with E-state index in [4.69, 9.17) is 9.47 Å². The van der Waals surface area contributed by atoms with Crippen LogP contribution in [0.4, 0.5) is 0 Å². The van der Waals surface area contributed by atoms with Gasteiger partial charge in [0.05, 0.1) is 0 Å². The van der Waals surface area contributed by atoms with Crippen molar-refractivity contribution in [3.63, 3.8) is 0 Å². The number of benzene rings is 3. The fraction of sp³-hybridized carbons (Fsp3) is 0.231. The number of aryl methyl sites for hydroxylation is 1. The number of para-hydroxylation sites is 1. The molecule has 0 radical (unpaired) electrons. The summed E-state index contributed by atoms with van der Waals surface area (Å²) in [5.41, 5.74) is 2.80. The van der Waals surface area contributed by atoms with Crippen LogP contribution in [0.15, 0.2) is 72.8 Å². The Labute approximate surface area is 177 Å². The van der Waals surface area contributed by atoms with Crippen LogP contribution in [-0.2, 0) is 10.2 Å². The van der Waals surface area contributed by atoms with Gasteiger partial charge in [-0.15, -0.1) is 0 Å². The number of carbonyl (C=O) groups is 2. The van der Waals surface area contributed by atoms with E-state index >= 15 is 0 Å². The van der Waals surface area contributed by atoms with E-state index in [2.05, 4.69) is 20.8 Å². The normalized spacial score (nSPS) is 11.1. The van der Waals surface area contributed by atoms with Crippen LogP contribution in [0.3, 0.4) is 0 Å². The van der Waals surface area contributed by atoms with Crippen molar-refractivity contribution in [2.24, 2.45) is 0 Å². The summed E-state index contributed by atoms with van der Waals surface area (Å²) < 4.78 is 11.2. The van der Waals surface area contributed by atoms with Crippen LogP contribution in [0, 0.1) is 6.92 Å². The molecule has 0 amide bonds. The van der Waals surface area contributed by atoms with Crippen LogP contribution in [0.5, 0.6) is 11.5 Å². The average Bonchev–Trinajstić information content (AvgIpc) is 2.73. The maximum atomic E-state index is 12.6. The monoisotopic (exact) mass is 402 g/mol. The molecule has 0 spiro atoms. The lowest BCUT2D eigenvalue weighted by atomic mass is 9.86. The third kappa shape index (κ3) is 5.15. The second kappa shape index (κ2) is 8.95. The molecule has 0 aliphatic rings. The van der Waals surface area contributed by atoms with Gasteiger partial charge in [0.1, 0.15) is 11.5 Å². The van der Waals surface area contributed by atoms with Crippen molar-refractivity contribution >= 4 is 11.8 Å². The largest absolute Gasteiger partial charge is 0.482 e. The van der Waals surface area contributed by atoms with Crippen molar-refractivity contribution < 1.29 is 19.1 Å². The molecule has 0 N–H and O–H groups in total. The van der Waals surface area contributed by atoms with E-state index in [-0.39, 0.29) is 17.8 Å². The summed E-state index contributed by atoms with van der Waals surface area (Å²) in [4.78, 5) is 24.9. The zero-order valence-electron chi connectivity index (χ0n) is 17.8. The van der Waals surface area contributed by atoms with Gasteiger partial charge in [0, 0.05) is 11.1 Å². The molecular formula is C26H26O4. The highest BCUT2D eigenvalue weighted by Crippen LogP contribution is 2.31. The molecule has 0 bridgehead atoms. The van der Waals surface area contributed by atoms with Gasteiger partial charge >= 0.3 is 5.97 Å². The van der Waals surface area contributed by atoms with E-state index in [1.165, 1.54) is 0 Å². The number of carbonyl (C=O) groups excluding carboxylic acids is 2. The van der Waals surface area contributed by atoms with Crippen molar-refractivity contribution in [1.29, 1.82) is 0 Å². The van der Waals surface area contributed by atoms with E-state index in [0.717, 1.165) is 5.56 Å². The second-order valence-electron chi connectivity index (χ2n) is 8.18. The summed E-state index contributed by atoms with van der Waals surface area (Å²) in [6.45, 7) is 7.89. The van der Waals surface area contributed by atoms with E-state index < -0.39 is 5.97 Å². The SMILES string of the molecule is Cc1cc(C(=O)c2ccccc2)ccc1OC(=O)COc1ccccc1C(C)(C)C. The molecule has 30 heavy (non-hydrogen) atoms. The Hall–Kier alpha value is -3.40. The summed E-state index contributed by atoms with van der Waals surface area (Å²) in [6.07, 6.45) is 0. The smallest absolute Gasteiger partial charge is 0.349 e. The number of ether oxygens (including phenoxy) is 2. The molecule has 0 aromatic heterocycles. The Morgan fingerprint density at radius 2 is 1.47 bits per heavy atom. The lowest BCUT2D eigenvalue weighted by Crippen LogP contribution is -2.20. The first-order chi connectivity index (χ1) is 14.3. The van der Waals surface area contributed by atoms with Crippen molar-refractivity contribution in [3.05, 3.63) is 95.1 Å². The predicted octanol–water partition coefficient (Wildman–Crippen LogP) is 5.51. The first kappa shape index (κ1) is 21.3. The predicted molar refractivity (Wildman–Crippen MR) is 117 cm³/mol. The van der Waals surface area contributed by atoms with E-state index in [1.807, 2.05) is 42.5 Å².